The molecule has 1 amide bonds. The van der Waals surface area contributed by atoms with E-state index in [2.05, 4.69) is 6.92 Å². The van der Waals surface area contributed by atoms with Crippen LogP contribution in [0.25, 0.3) is 0 Å². The van der Waals surface area contributed by atoms with Gasteiger partial charge in [-0.15, -0.1) is 11.8 Å². The second-order valence-electron chi connectivity index (χ2n) is 5.63. The number of benzene rings is 1. The predicted molar refractivity (Wildman–Crippen MR) is 89.9 cm³/mol. The van der Waals surface area contributed by atoms with E-state index in [-0.39, 0.29) is 12.0 Å². The molecule has 2 unspecified atom stereocenters. The van der Waals surface area contributed by atoms with Crippen LogP contribution in [0.3, 0.4) is 0 Å². The molecule has 1 saturated heterocycles. The number of aliphatic carboxylic acids is 1. The van der Waals surface area contributed by atoms with Gasteiger partial charge in [0.15, 0.2) is 0 Å². The number of carboxylic acids is 1. The SMILES string of the molecule is CCCC1CN(C(=O)c2ccccc2SC(C)C(=O)O)CCO1. The van der Waals surface area contributed by atoms with E-state index in [9.17, 15) is 9.59 Å². The zero-order chi connectivity index (χ0) is 16.8. The van der Waals surface area contributed by atoms with Crippen molar-refractivity contribution in [2.75, 3.05) is 19.7 Å². The Kier molecular flexibility index (Phi) is 6.47. The smallest absolute Gasteiger partial charge is 0.316 e. The van der Waals surface area contributed by atoms with Crippen LogP contribution >= 0.6 is 11.8 Å². The molecule has 1 fully saturated rings. The van der Waals surface area contributed by atoms with E-state index in [1.807, 2.05) is 17.0 Å². The molecule has 1 aliphatic heterocycles. The third-order valence-electron chi connectivity index (χ3n) is 3.81. The molecular weight excluding hydrogens is 314 g/mol. The first-order valence-corrected chi connectivity index (χ1v) is 8.80. The van der Waals surface area contributed by atoms with Crippen LogP contribution in [0, 0.1) is 0 Å². The molecule has 1 N–H and O–H groups in total. The maximum absolute atomic E-state index is 12.8. The monoisotopic (exact) mass is 337 g/mol. The largest absolute Gasteiger partial charge is 0.480 e. The third-order valence-corrected chi connectivity index (χ3v) is 4.97. The summed E-state index contributed by atoms with van der Waals surface area (Å²) in [4.78, 5) is 26.4. The Morgan fingerprint density at radius 3 is 2.87 bits per heavy atom. The van der Waals surface area contributed by atoms with Crippen molar-refractivity contribution in [3.63, 3.8) is 0 Å². The fourth-order valence-corrected chi connectivity index (χ4v) is 3.48. The van der Waals surface area contributed by atoms with Crippen LogP contribution in [0.4, 0.5) is 0 Å². The lowest BCUT2D eigenvalue weighted by Gasteiger charge is -2.33. The van der Waals surface area contributed by atoms with E-state index in [4.69, 9.17) is 9.84 Å². The minimum absolute atomic E-state index is 0.0462. The average Bonchev–Trinajstić information content (AvgIpc) is 2.55. The first kappa shape index (κ1) is 17.8. The highest BCUT2D eigenvalue weighted by Gasteiger charge is 2.26. The number of rotatable bonds is 6. The molecular formula is C17H23NO4S. The lowest BCUT2D eigenvalue weighted by atomic mass is 10.1. The maximum Gasteiger partial charge on any atom is 0.316 e. The Morgan fingerprint density at radius 1 is 1.43 bits per heavy atom. The van der Waals surface area contributed by atoms with Crippen molar-refractivity contribution in [3.05, 3.63) is 29.8 Å². The number of thioether (sulfide) groups is 1. The van der Waals surface area contributed by atoms with Gasteiger partial charge in [0.25, 0.3) is 5.91 Å². The van der Waals surface area contributed by atoms with Crippen LogP contribution in [-0.4, -0.2) is 52.9 Å². The van der Waals surface area contributed by atoms with Gasteiger partial charge < -0.3 is 14.7 Å². The lowest BCUT2D eigenvalue weighted by Crippen LogP contribution is -2.45. The minimum Gasteiger partial charge on any atom is -0.480 e. The van der Waals surface area contributed by atoms with Crippen LogP contribution in [0.15, 0.2) is 29.2 Å². The molecule has 1 aliphatic rings. The average molecular weight is 337 g/mol. The third kappa shape index (κ3) is 4.72. The summed E-state index contributed by atoms with van der Waals surface area (Å²) in [6.07, 6.45) is 2.06. The fourth-order valence-electron chi connectivity index (χ4n) is 2.56. The minimum atomic E-state index is -0.883. The molecule has 2 rings (SSSR count). The summed E-state index contributed by atoms with van der Waals surface area (Å²) in [5, 5.41) is 8.49. The summed E-state index contributed by atoms with van der Waals surface area (Å²) in [5.41, 5.74) is 0.572. The molecule has 1 aromatic carbocycles. The topological polar surface area (TPSA) is 66.8 Å². The summed E-state index contributed by atoms with van der Waals surface area (Å²) in [6, 6.07) is 7.21. The molecule has 1 aromatic rings. The van der Waals surface area contributed by atoms with Crippen LogP contribution in [0.1, 0.15) is 37.0 Å². The first-order chi connectivity index (χ1) is 11.0. The van der Waals surface area contributed by atoms with Crippen LogP contribution in [-0.2, 0) is 9.53 Å². The molecule has 0 radical (unpaired) electrons. The highest BCUT2D eigenvalue weighted by molar-refractivity contribution is 8.00. The first-order valence-electron chi connectivity index (χ1n) is 7.92. The Morgan fingerprint density at radius 2 is 2.17 bits per heavy atom. The van der Waals surface area contributed by atoms with E-state index < -0.39 is 11.2 Å². The maximum atomic E-state index is 12.8. The molecule has 1 heterocycles. The van der Waals surface area contributed by atoms with Crippen molar-refractivity contribution in [3.8, 4) is 0 Å². The van der Waals surface area contributed by atoms with E-state index >= 15 is 0 Å². The molecule has 126 valence electrons. The van der Waals surface area contributed by atoms with Gasteiger partial charge in [-0.05, 0) is 25.5 Å². The molecule has 6 heteroatoms. The molecule has 0 aliphatic carbocycles. The molecule has 0 bridgehead atoms. The fraction of sp³-hybridized carbons (Fsp3) is 0.529. The number of carboxylic acid groups (broad SMARTS) is 1. The van der Waals surface area contributed by atoms with Gasteiger partial charge in [-0.3, -0.25) is 9.59 Å². The molecule has 0 saturated carbocycles. The highest BCUT2D eigenvalue weighted by Crippen LogP contribution is 2.28. The normalized spacial score (nSPS) is 19.4. The number of morpholine rings is 1. The predicted octanol–water partition coefficient (Wildman–Crippen LogP) is 2.89. The van der Waals surface area contributed by atoms with Crippen molar-refractivity contribution < 1.29 is 19.4 Å². The van der Waals surface area contributed by atoms with Crippen LogP contribution in [0.5, 0.6) is 0 Å². The Hall–Kier alpha value is -1.53. The highest BCUT2D eigenvalue weighted by atomic mass is 32.2. The van der Waals surface area contributed by atoms with Gasteiger partial charge >= 0.3 is 5.97 Å². The number of carbonyl (C=O) groups excluding carboxylic acids is 1. The lowest BCUT2D eigenvalue weighted by molar-refractivity contribution is -0.136. The van der Waals surface area contributed by atoms with Gasteiger partial charge in [0.05, 0.1) is 18.3 Å². The molecule has 0 aromatic heterocycles. The number of amides is 1. The number of ether oxygens (including phenoxy) is 1. The van der Waals surface area contributed by atoms with Gasteiger partial charge in [-0.1, -0.05) is 25.5 Å². The Balaban J connectivity index is 2.14. The van der Waals surface area contributed by atoms with Gasteiger partial charge in [-0.2, -0.15) is 0 Å². The summed E-state index contributed by atoms with van der Waals surface area (Å²) < 4.78 is 5.68. The van der Waals surface area contributed by atoms with E-state index in [0.29, 0.717) is 30.2 Å². The van der Waals surface area contributed by atoms with E-state index in [1.54, 1.807) is 19.1 Å². The van der Waals surface area contributed by atoms with Crippen LogP contribution < -0.4 is 0 Å². The zero-order valence-electron chi connectivity index (χ0n) is 13.5. The van der Waals surface area contributed by atoms with Crippen LogP contribution in [0.2, 0.25) is 0 Å². The van der Waals surface area contributed by atoms with Crippen molar-refractivity contribution in [1.82, 2.24) is 4.90 Å². The van der Waals surface area contributed by atoms with Gasteiger partial charge in [-0.25, -0.2) is 0 Å². The van der Waals surface area contributed by atoms with Crippen molar-refractivity contribution in [2.45, 2.75) is 42.9 Å². The number of hydrogen-bond acceptors (Lipinski definition) is 4. The molecule has 23 heavy (non-hydrogen) atoms. The van der Waals surface area contributed by atoms with Crippen molar-refractivity contribution in [1.29, 1.82) is 0 Å². The molecule has 5 nitrogen and oxygen atoms in total. The Bertz CT molecular complexity index is 561. The second-order valence-corrected chi connectivity index (χ2v) is 7.01. The Labute approximate surface area is 141 Å². The summed E-state index contributed by atoms with van der Waals surface area (Å²) >= 11 is 1.20. The van der Waals surface area contributed by atoms with Gasteiger partial charge in [0.2, 0.25) is 0 Å². The van der Waals surface area contributed by atoms with E-state index in [0.717, 1.165) is 12.8 Å². The summed E-state index contributed by atoms with van der Waals surface area (Å²) in [5.74, 6) is -0.929. The second kappa shape index (κ2) is 8.36. The number of hydrogen-bond donors (Lipinski definition) is 1. The zero-order valence-corrected chi connectivity index (χ0v) is 14.3. The summed E-state index contributed by atoms with van der Waals surface area (Å²) in [6.45, 7) is 5.45. The number of carbonyl (C=O) groups is 2. The standard InChI is InChI=1S/C17H23NO4S/c1-3-6-13-11-18(9-10-22-13)16(19)14-7-4-5-8-15(14)23-12(2)17(20)21/h4-5,7-8,12-13H,3,6,9-11H2,1-2H3,(H,20,21). The van der Waals surface area contributed by atoms with Gasteiger partial charge in [0.1, 0.15) is 5.25 Å². The molecule has 0 spiro atoms. The number of nitrogens with zero attached hydrogens (tertiary/aromatic N) is 1. The van der Waals surface area contributed by atoms with E-state index in [1.165, 1.54) is 11.8 Å². The van der Waals surface area contributed by atoms with Crippen molar-refractivity contribution in [2.24, 2.45) is 0 Å². The van der Waals surface area contributed by atoms with Crippen molar-refractivity contribution >= 4 is 23.6 Å². The molecule has 2 atom stereocenters. The quantitative estimate of drug-likeness (QED) is 0.809. The summed E-state index contributed by atoms with van der Waals surface area (Å²) in [7, 11) is 0. The van der Waals surface area contributed by atoms with Gasteiger partial charge in [0, 0.05) is 18.0 Å².